The minimum atomic E-state index is 0.356. The lowest BCUT2D eigenvalue weighted by Crippen LogP contribution is -1.94. The largest absolute Gasteiger partial charge is 0.439 e. The van der Waals surface area contributed by atoms with Crippen molar-refractivity contribution in [3.05, 3.63) is 52.7 Å². The predicted molar refractivity (Wildman–Crippen MR) is 69.7 cm³/mol. The van der Waals surface area contributed by atoms with Crippen LogP contribution in [0.2, 0.25) is 0 Å². The van der Waals surface area contributed by atoms with E-state index < -0.39 is 0 Å². The van der Waals surface area contributed by atoms with Crippen LogP contribution in [0.5, 0.6) is 11.6 Å². The van der Waals surface area contributed by atoms with E-state index in [1.54, 1.807) is 31.2 Å². The first-order valence-electron chi connectivity index (χ1n) is 5.70. The van der Waals surface area contributed by atoms with Gasteiger partial charge in [0.1, 0.15) is 5.75 Å². The van der Waals surface area contributed by atoms with Crippen LogP contribution in [0.4, 0.5) is 0 Å². The molecule has 0 aliphatic rings. The molecule has 0 unspecified atom stereocenters. The molecule has 0 radical (unpaired) electrons. The molecule has 0 amide bonds. The fraction of sp³-hybridized carbons (Fsp3) is 0.133. The van der Waals surface area contributed by atoms with Gasteiger partial charge in [0.15, 0.2) is 0 Å². The third-order valence-electron chi connectivity index (χ3n) is 2.59. The summed E-state index contributed by atoms with van der Waals surface area (Å²) in [6.45, 7) is 3.68. The molecule has 0 atom stereocenters. The number of hydrogen-bond donors (Lipinski definition) is 0. The van der Waals surface area contributed by atoms with Crippen LogP contribution >= 0.6 is 0 Å². The fourth-order valence-corrected chi connectivity index (χ4v) is 1.65. The van der Waals surface area contributed by atoms with Gasteiger partial charge in [0.05, 0.1) is 23.3 Å². The van der Waals surface area contributed by atoms with Crippen LogP contribution < -0.4 is 4.74 Å². The molecule has 2 rings (SSSR count). The number of aromatic nitrogens is 1. The van der Waals surface area contributed by atoms with Crippen molar-refractivity contribution >= 4 is 0 Å². The van der Waals surface area contributed by atoms with Crippen LogP contribution in [-0.4, -0.2) is 4.98 Å². The number of pyridine rings is 1. The van der Waals surface area contributed by atoms with Gasteiger partial charge in [-0.25, -0.2) is 4.98 Å². The average molecular weight is 249 g/mol. The van der Waals surface area contributed by atoms with Crippen LogP contribution in [-0.2, 0) is 0 Å². The van der Waals surface area contributed by atoms with Gasteiger partial charge in [0, 0.05) is 11.8 Å². The molecule has 2 aromatic rings. The first-order chi connectivity index (χ1) is 9.12. The van der Waals surface area contributed by atoms with Gasteiger partial charge in [-0.05, 0) is 37.6 Å². The highest BCUT2D eigenvalue weighted by Crippen LogP contribution is 2.25. The van der Waals surface area contributed by atoms with E-state index in [-0.39, 0.29) is 0 Å². The minimum absolute atomic E-state index is 0.356. The monoisotopic (exact) mass is 249 g/mol. The highest BCUT2D eigenvalue weighted by molar-refractivity contribution is 5.44. The lowest BCUT2D eigenvalue weighted by atomic mass is 10.1. The van der Waals surface area contributed by atoms with E-state index in [1.165, 1.54) is 0 Å². The molecule has 0 saturated carbocycles. The molecule has 1 aromatic heterocycles. The van der Waals surface area contributed by atoms with Crippen molar-refractivity contribution < 1.29 is 4.74 Å². The van der Waals surface area contributed by atoms with Gasteiger partial charge in [-0.2, -0.15) is 10.5 Å². The number of rotatable bonds is 2. The molecule has 19 heavy (non-hydrogen) atoms. The number of benzene rings is 1. The van der Waals surface area contributed by atoms with Crippen molar-refractivity contribution in [2.75, 3.05) is 0 Å². The first-order valence-corrected chi connectivity index (χ1v) is 5.70. The van der Waals surface area contributed by atoms with Crippen LogP contribution in [0.25, 0.3) is 0 Å². The van der Waals surface area contributed by atoms with Crippen molar-refractivity contribution in [3.8, 4) is 23.8 Å². The maximum absolute atomic E-state index is 8.91. The molecule has 1 heterocycles. The van der Waals surface area contributed by atoms with Crippen molar-refractivity contribution in [3.63, 3.8) is 0 Å². The van der Waals surface area contributed by atoms with Crippen molar-refractivity contribution in [1.82, 2.24) is 4.98 Å². The molecular formula is C15H11N3O. The van der Waals surface area contributed by atoms with Crippen molar-refractivity contribution in [2.24, 2.45) is 0 Å². The second-order valence-electron chi connectivity index (χ2n) is 4.14. The number of hydrogen-bond acceptors (Lipinski definition) is 4. The van der Waals surface area contributed by atoms with Crippen LogP contribution in [0, 0.1) is 36.5 Å². The fourth-order valence-electron chi connectivity index (χ4n) is 1.65. The third-order valence-corrected chi connectivity index (χ3v) is 2.59. The quantitative estimate of drug-likeness (QED) is 0.819. The second-order valence-corrected chi connectivity index (χ2v) is 4.14. The molecule has 0 bridgehead atoms. The Morgan fingerprint density at radius 3 is 2.42 bits per heavy atom. The summed E-state index contributed by atoms with van der Waals surface area (Å²) in [5, 5.41) is 17.8. The summed E-state index contributed by atoms with van der Waals surface area (Å²) in [7, 11) is 0. The Morgan fingerprint density at radius 1 is 1.00 bits per heavy atom. The van der Waals surface area contributed by atoms with Crippen LogP contribution in [0.15, 0.2) is 30.3 Å². The highest BCUT2D eigenvalue weighted by atomic mass is 16.5. The SMILES string of the molecule is Cc1cc(C#N)cc(Oc2cc(C#N)ccc2C)n1. The van der Waals surface area contributed by atoms with Gasteiger partial charge in [-0.1, -0.05) is 6.07 Å². The Labute approximate surface area is 111 Å². The van der Waals surface area contributed by atoms with Gasteiger partial charge >= 0.3 is 0 Å². The zero-order chi connectivity index (χ0) is 13.8. The van der Waals surface area contributed by atoms with E-state index >= 15 is 0 Å². The molecule has 4 nitrogen and oxygen atoms in total. The molecule has 0 spiro atoms. The second kappa shape index (κ2) is 5.20. The summed E-state index contributed by atoms with van der Waals surface area (Å²) in [4.78, 5) is 4.22. The predicted octanol–water partition coefficient (Wildman–Crippen LogP) is 3.23. The van der Waals surface area contributed by atoms with Gasteiger partial charge in [-0.15, -0.1) is 0 Å². The van der Waals surface area contributed by atoms with E-state index in [4.69, 9.17) is 15.3 Å². The molecule has 0 fully saturated rings. The minimum Gasteiger partial charge on any atom is -0.439 e. The summed E-state index contributed by atoms with van der Waals surface area (Å²) in [6.07, 6.45) is 0. The van der Waals surface area contributed by atoms with E-state index in [0.717, 1.165) is 5.56 Å². The Hall–Kier alpha value is -2.85. The normalized spacial score (nSPS) is 9.47. The van der Waals surface area contributed by atoms with Crippen LogP contribution in [0.3, 0.4) is 0 Å². The Morgan fingerprint density at radius 2 is 1.74 bits per heavy atom. The van der Waals surface area contributed by atoms with Crippen LogP contribution in [0.1, 0.15) is 22.4 Å². The van der Waals surface area contributed by atoms with Crippen molar-refractivity contribution in [2.45, 2.75) is 13.8 Å². The molecule has 0 aliphatic carbocycles. The molecule has 0 aliphatic heterocycles. The standard InChI is InChI=1S/C15H11N3O/c1-10-3-4-12(8-16)6-14(10)19-15-7-13(9-17)5-11(2)18-15/h3-7H,1-2H3. The molecular weight excluding hydrogens is 238 g/mol. The topological polar surface area (TPSA) is 69.7 Å². The number of ether oxygens (including phenoxy) is 1. The Balaban J connectivity index is 2.39. The summed E-state index contributed by atoms with van der Waals surface area (Å²) in [5.74, 6) is 0.927. The zero-order valence-corrected chi connectivity index (χ0v) is 10.6. The van der Waals surface area contributed by atoms with Gasteiger partial charge in [0.25, 0.3) is 0 Å². The van der Waals surface area contributed by atoms with Gasteiger partial charge in [0.2, 0.25) is 5.88 Å². The highest BCUT2D eigenvalue weighted by Gasteiger charge is 2.06. The number of nitriles is 2. The number of aryl methyl sites for hydroxylation is 2. The lowest BCUT2D eigenvalue weighted by Gasteiger charge is -2.09. The smallest absolute Gasteiger partial charge is 0.220 e. The lowest BCUT2D eigenvalue weighted by molar-refractivity contribution is 0.458. The van der Waals surface area contributed by atoms with Gasteiger partial charge < -0.3 is 4.74 Å². The maximum Gasteiger partial charge on any atom is 0.220 e. The number of nitrogens with zero attached hydrogens (tertiary/aromatic N) is 3. The first kappa shape index (κ1) is 12.6. The average Bonchev–Trinajstić information content (AvgIpc) is 2.40. The Kier molecular flexibility index (Phi) is 3.45. The zero-order valence-electron chi connectivity index (χ0n) is 10.6. The molecule has 0 N–H and O–H groups in total. The molecule has 4 heteroatoms. The summed E-state index contributed by atoms with van der Waals surface area (Å²) in [5.41, 5.74) is 2.63. The third kappa shape index (κ3) is 2.88. The van der Waals surface area contributed by atoms with E-state index in [2.05, 4.69) is 17.1 Å². The van der Waals surface area contributed by atoms with E-state index in [0.29, 0.717) is 28.5 Å². The molecule has 92 valence electrons. The van der Waals surface area contributed by atoms with Gasteiger partial charge in [-0.3, -0.25) is 0 Å². The maximum atomic E-state index is 8.91. The Bertz CT molecular complexity index is 708. The van der Waals surface area contributed by atoms with E-state index in [9.17, 15) is 0 Å². The van der Waals surface area contributed by atoms with Crippen molar-refractivity contribution in [1.29, 1.82) is 10.5 Å². The molecule has 0 saturated heterocycles. The van der Waals surface area contributed by atoms with E-state index in [1.807, 2.05) is 13.0 Å². The summed E-state index contributed by atoms with van der Waals surface area (Å²) in [6, 6.07) is 12.6. The molecule has 1 aromatic carbocycles. The summed E-state index contributed by atoms with van der Waals surface area (Å²) < 4.78 is 5.66. The summed E-state index contributed by atoms with van der Waals surface area (Å²) >= 11 is 0.